The van der Waals surface area contributed by atoms with Crippen molar-refractivity contribution < 1.29 is 12.8 Å². The third-order valence-electron chi connectivity index (χ3n) is 5.12. The van der Waals surface area contributed by atoms with Crippen LogP contribution in [0.2, 0.25) is 0 Å². The molecule has 1 aromatic rings. The summed E-state index contributed by atoms with van der Waals surface area (Å²) < 4.78 is 40.4. The minimum atomic E-state index is -3.21. The standard InChI is InChI=1S/C17H24FNO2S/c18-16-8-6-15(7-9-16)17(10-11-17)13-19-22(20,21)12-14-4-2-1-3-5-14/h6-9,14,19H,1-5,10-13H2. The summed E-state index contributed by atoms with van der Waals surface area (Å²) in [7, 11) is -3.21. The molecule has 0 aliphatic heterocycles. The van der Waals surface area contributed by atoms with Crippen molar-refractivity contribution in [1.29, 1.82) is 0 Å². The zero-order valence-electron chi connectivity index (χ0n) is 12.9. The first kappa shape index (κ1) is 15.9. The summed E-state index contributed by atoms with van der Waals surface area (Å²) >= 11 is 0. The summed E-state index contributed by atoms with van der Waals surface area (Å²) in [6.07, 6.45) is 7.53. The van der Waals surface area contributed by atoms with Gasteiger partial charge in [0.25, 0.3) is 0 Å². The summed E-state index contributed by atoms with van der Waals surface area (Å²) in [5.41, 5.74) is 0.919. The molecule has 0 aromatic heterocycles. The van der Waals surface area contributed by atoms with E-state index in [0.717, 1.165) is 44.1 Å². The van der Waals surface area contributed by atoms with Crippen LogP contribution in [0, 0.1) is 11.7 Å². The summed E-state index contributed by atoms with van der Waals surface area (Å²) in [6, 6.07) is 6.45. The quantitative estimate of drug-likeness (QED) is 0.872. The van der Waals surface area contributed by atoms with Gasteiger partial charge in [0.15, 0.2) is 0 Å². The van der Waals surface area contributed by atoms with Crippen LogP contribution in [0.4, 0.5) is 4.39 Å². The molecule has 2 aliphatic carbocycles. The molecule has 2 aliphatic rings. The Labute approximate surface area is 132 Å². The van der Waals surface area contributed by atoms with Gasteiger partial charge < -0.3 is 0 Å². The smallest absolute Gasteiger partial charge is 0.211 e. The van der Waals surface area contributed by atoms with E-state index >= 15 is 0 Å². The molecule has 1 aromatic carbocycles. The van der Waals surface area contributed by atoms with E-state index in [0.29, 0.717) is 12.5 Å². The highest BCUT2D eigenvalue weighted by Gasteiger charge is 2.44. The number of hydrogen-bond acceptors (Lipinski definition) is 2. The van der Waals surface area contributed by atoms with Crippen molar-refractivity contribution in [3.63, 3.8) is 0 Å². The summed E-state index contributed by atoms with van der Waals surface area (Å²) in [4.78, 5) is 0. The van der Waals surface area contributed by atoms with Crippen LogP contribution in [0.15, 0.2) is 24.3 Å². The Bertz CT molecular complexity index is 602. The van der Waals surface area contributed by atoms with Gasteiger partial charge in [0, 0.05) is 12.0 Å². The molecule has 3 rings (SSSR count). The highest BCUT2D eigenvalue weighted by molar-refractivity contribution is 7.89. The molecule has 22 heavy (non-hydrogen) atoms. The molecule has 0 atom stereocenters. The molecule has 0 saturated heterocycles. The minimum Gasteiger partial charge on any atom is -0.214 e. The first-order chi connectivity index (χ1) is 10.5. The Kier molecular flexibility index (Phi) is 4.55. The van der Waals surface area contributed by atoms with Gasteiger partial charge in [-0.05, 0) is 49.3 Å². The van der Waals surface area contributed by atoms with Gasteiger partial charge in [0.05, 0.1) is 5.75 Å². The van der Waals surface area contributed by atoms with Crippen molar-refractivity contribution in [2.75, 3.05) is 12.3 Å². The number of sulfonamides is 1. The topological polar surface area (TPSA) is 46.2 Å². The van der Waals surface area contributed by atoms with E-state index in [-0.39, 0.29) is 17.0 Å². The second kappa shape index (κ2) is 6.28. The van der Waals surface area contributed by atoms with Gasteiger partial charge in [-0.3, -0.25) is 0 Å². The van der Waals surface area contributed by atoms with Crippen molar-refractivity contribution in [2.24, 2.45) is 5.92 Å². The van der Waals surface area contributed by atoms with Gasteiger partial charge >= 0.3 is 0 Å². The van der Waals surface area contributed by atoms with Gasteiger partial charge in [0.1, 0.15) is 5.82 Å². The first-order valence-electron chi connectivity index (χ1n) is 8.23. The number of nitrogens with one attached hydrogen (secondary N) is 1. The lowest BCUT2D eigenvalue weighted by molar-refractivity contribution is 0.383. The van der Waals surface area contributed by atoms with Crippen molar-refractivity contribution in [3.8, 4) is 0 Å². The van der Waals surface area contributed by atoms with Crippen LogP contribution in [0.3, 0.4) is 0 Å². The number of hydrogen-bond donors (Lipinski definition) is 1. The highest BCUT2D eigenvalue weighted by atomic mass is 32.2. The molecule has 0 spiro atoms. The van der Waals surface area contributed by atoms with Crippen molar-refractivity contribution in [1.82, 2.24) is 4.72 Å². The summed E-state index contributed by atoms with van der Waals surface area (Å²) in [5.74, 6) is 0.316. The van der Waals surface area contributed by atoms with Gasteiger partial charge in [-0.25, -0.2) is 17.5 Å². The van der Waals surface area contributed by atoms with E-state index in [2.05, 4.69) is 4.72 Å². The molecule has 1 N–H and O–H groups in total. The number of rotatable bonds is 6. The maximum Gasteiger partial charge on any atom is 0.211 e. The lowest BCUT2D eigenvalue weighted by Gasteiger charge is -2.22. The number of halogens is 1. The lowest BCUT2D eigenvalue weighted by Crippen LogP contribution is -2.36. The fourth-order valence-corrected chi connectivity index (χ4v) is 5.06. The second-order valence-electron chi connectivity index (χ2n) is 6.89. The zero-order chi connectivity index (χ0) is 15.6. The van der Waals surface area contributed by atoms with Gasteiger partial charge in [-0.1, -0.05) is 31.4 Å². The van der Waals surface area contributed by atoms with E-state index in [4.69, 9.17) is 0 Å². The van der Waals surface area contributed by atoms with Crippen LogP contribution in [0.5, 0.6) is 0 Å². The van der Waals surface area contributed by atoms with Crippen LogP contribution in [-0.4, -0.2) is 20.7 Å². The van der Waals surface area contributed by atoms with Gasteiger partial charge in [-0.2, -0.15) is 0 Å². The predicted molar refractivity (Wildman–Crippen MR) is 85.7 cm³/mol. The van der Waals surface area contributed by atoms with Crippen LogP contribution in [0.1, 0.15) is 50.5 Å². The fourth-order valence-electron chi connectivity index (χ4n) is 3.49. The van der Waals surface area contributed by atoms with E-state index < -0.39 is 10.0 Å². The van der Waals surface area contributed by atoms with Crippen LogP contribution < -0.4 is 4.72 Å². The zero-order valence-corrected chi connectivity index (χ0v) is 13.7. The SMILES string of the molecule is O=S(=O)(CC1CCCCC1)NCC1(c2ccc(F)cc2)CC1. The lowest BCUT2D eigenvalue weighted by atomic mass is 9.91. The van der Waals surface area contributed by atoms with Crippen molar-refractivity contribution in [3.05, 3.63) is 35.6 Å². The summed E-state index contributed by atoms with van der Waals surface area (Å²) in [6.45, 7) is 0.438. The first-order valence-corrected chi connectivity index (χ1v) is 9.88. The monoisotopic (exact) mass is 325 g/mol. The normalized spacial score (nSPS) is 21.7. The average Bonchev–Trinajstić information content (AvgIpc) is 3.28. The molecular formula is C17H24FNO2S. The average molecular weight is 325 g/mol. The minimum absolute atomic E-state index is 0.118. The Morgan fingerprint density at radius 3 is 2.32 bits per heavy atom. The molecule has 2 saturated carbocycles. The van der Waals surface area contributed by atoms with E-state index in [1.54, 1.807) is 12.1 Å². The molecule has 5 heteroatoms. The maximum absolute atomic E-state index is 13.0. The van der Waals surface area contributed by atoms with E-state index in [1.807, 2.05) is 0 Å². The maximum atomic E-state index is 13.0. The fraction of sp³-hybridized carbons (Fsp3) is 0.647. The Morgan fingerprint density at radius 2 is 1.73 bits per heavy atom. The molecule has 122 valence electrons. The van der Waals surface area contributed by atoms with Gasteiger partial charge in [-0.15, -0.1) is 0 Å². The Balaban J connectivity index is 1.58. The molecular weight excluding hydrogens is 301 g/mol. The van der Waals surface area contributed by atoms with E-state index in [9.17, 15) is 12.8 Å². The van der Waals surface area contributed by atoms with Crippen LogP contribution in [-0.2, 0) is 15.4 Å². The molecule has 0 bridgehead atoms. The largest absolute Gasteiger partial charge is 0.214 e. The van der Waals surface area contributed by atoms with Gasteiger partial charge in [0.2, 0.25) is 10.0 Å². The van der Waals surface area contributed by atoms with Crippen molar-refractivity contribution in [2.45, 2.75) is 50.4 Å². The Hall–Kier alpha value is -0.940. The Morgan fingerprint density at radius 1 is 1.09 bits per heavy atom. The van der Waals surface area contributed by atoms with E-state index in [1.165, 1.54) is 18.6 Å². The van der Waals surface area contributed by atoms with Crippen LogP contribution >= 0.6 is 0 Å². The highest BCUT2D eigenvalue weighted by Crippen LogP contribution is 2.47. The molecule has 0 radical (unpaired) electrons. The molecule has 0 amide bonds. The number of benzene rings is 1. The predicted octanol–water partition coefficient (Wildman–Crippen LogP) is 3.36. The third-order valence-corrected chi connectivity index (χ3v) is 6.61. The molecule has 2 fully saturated rings. The molecule has 3 nitrogen and oxygen atoms in total. The molecule has 0 heterocycles. The molecule has 0 unspecified atom stereocenters. The second-order valence-corrected chi connectivity index (χ2v) is 8.75. The van der Waals surface area contributed by atoms with Crippen LogP contribution in [0.25, 0.3) is 0 Å². The van der Waals surface area contributed by atoms with Crippen molar-refractivity contribution >= 4 is 10.0 Å². The summed E-state index contributed by atoms with van der Waals surface area (Å²) in [5, 5.41) is 0. The third kappa shape index (κ3) is 3.87.